The summed E-state index contributed by atoms with van der Waals surface area (Å²) in [6.07, 6.45) is 0.963. The number of ether oxygens (including phenoxy) is 4. The van der Waals surface area contributed by atoms with E-state index >= 15 is 0 Å². The molecule has 0 unspecified atom stereocenters. The van der Waals surface area contributed by atoms with Gasteiger partial charge in [0.15, 0.2) is 11.5 Å². The van der Waals surface area contributed by atoms with Crippen molar-refractivity contribution in [2.75, 3.05) is 44.3 Å². The normalized spacial score (nSPS) is 11.8. The molecule has 33 heavy (non-hydrogen) atoms. The zero-order valence-electron chi connectivity index (χ0n) is 19.0. The summed E-state index contributed by atoms with van der Waals surface area (Å²) < 4.78 is 46.3. The van der Waals surface area contributed by atoms with E-state index < -0.39 is 27.9 Å². The van der Waals surface area contributed by atoms with Crippen LogP contribution in [0.25, 0.3) is 0 Å². The molecule has 0 aliphatic carbocycles. The molecule has 2 aromatic carbocycles. The predicted octanol–water partition coefficient (Wildman–Crippen LogP) is 2.95. The average molecular weight is 501 g/mol. The Morgan fingerprint density at radius 1 is 0.970 bits per heavy atom. The van der Waals surface area contributed by atoms with Gasteiger partial charge in [0.25, 0.3) is 0 Å². The smallest absolute Gasteiger partial charge is 0.340 e. The number of methoxy groups -OCH3 is 4. The van der Waals surface area contributed by atoms with E-state index in [1.807, 2.05) is 0 Å². The summed E-state index contributed by atoms with van der Waals surface area (Å²) in [4.78, 5) is 25.4. The lowest BCUT2D eigenvalue weighted by atomic mass is 10.1. The molecule has 1 N–H and O–H groups in total. The monoisotopic (exact) mass is 500 g/mol. The second-order valence-corrected chi connectivity index (χ2v) is 9.05. The number of halogens is 1. The Balaban J connectivity index is 2.49. The minimum atomic E-state index is -3.91. The number of nitrogens with one attached hydrogen (secondary N) is 1. The number of carbonyl (C=O) groups excluding carboxylic acids is 2. The summed E-state index contributed by atoms with van der Waals surface area (Å²) in [6, 6.07) is 5.84. The van der Waals surface area contributed by atoms with Crippen molar-refractivity contribution in [1.82, 2.24) is 0 Å². The van der Waals surface area contributed by atoms with Crippen molar-refractivity contribution in [2.45, 2.75) is 13.0 Å². The molecule has 12 heteroatoms. The second-order valence-electron chi connectivity index (χ2n) is 6.79. The predicted molar refractivity (Wildman–Crippen MR) is 124 cm³/mol. The lowest BCUT2D eigenvalue weighted by Gasteiger charge is -2.28. The number of amides is 1. The van der Waals surface area contributed by atoms with Gasteiger partial charge in [0.05, 0.1) is 56.7 Å². The summed E-state index contributed by atoms with van der Waals surface area (Å²) in [7, 11) is 1.49. The molecule has 0 aliphatic heterocycles. The van der Waals surface area contributed by atoms with Crippen LogP contribution in [0.1, 0.15) is 17.3 Å². The maximum Gasteiger partial charge on any atom is 0.340 e. The highest BCUT2D eigenvalue weighted by atomic mass is 35.5. The number of rotatable bonds is 9. The van der Waals surface area contributed by atoms with Gasteiger partial charge in [0, 0.05) is 12.1 Å². The first-order valence-corrected chi connectivity index (χ1v) is 11.7. The minimum Gasteiger partial charge on any atom is -0.495 e. The van der Waals surface area contributed by atoms with Crippen molar-refractivity contribution >= 4 is 44.9 Å². The van der Waals surface area contributed by atoms with Crippen molar-refractivity contribution in [3.8, 4) is 17.2 Å². The maximum absolute atomic E-state index is 13.1. The number of hydrogen-bond acceptors (Lipinski definition) is 8. The SMILES string of the molecule is COC(=O)c1cc(OC)c(OC)cc1NC(=O)[C@H](C)N(c1ccc(OC)c(Cl)c1)S(C)(=O)=O. The molecule has 0 fully saturated rings. The van der Waals surface area contributed by atoms with Gasteiger partial charge in [0.1, 0.15) is 11.8 Å². The topological polar surface area (TPSA) is 120 Å². The van der Waals surface area contributed by atoms with E-state index in [1.54, 1.807) is 0 Å². The van der Waals surface area contributed by atoms with E-state index in [0.29, 0.717) is 5.75 Å². The third-order valence-electron chi connectivity index (χ3n) is 4.67. The van der Waals surface area contributed by atoms with Gasteiger partial charge in [-0.1, -0.05) is 11.6 Å². The molecule has 0 radical (unpaired) electrons. The van der Waals surface area contributed by atoms with Crippen LogP contribution in [0, 0.1) is 0 Å². The van der Waals surface area contributed by atoms with Crippen LogP contribution in [-0.4, -0.2) is 61.0 Å². The number of anilines is 2. The molecule has 0 aliphatic rings. The number of hydrogen-bond donors (Lipinski definition) is 1. The fraction of sp³-hybridized carbons (Fsp3) is 0.333. The van der Waals surface area contributed by atoms with Crippen molar-refractivity contribution in [3.05, 3.63) is 40.9 Å². The van der Waals surface area contributed by atoms with E-state index in [9.17, 15) is 18.0 Å². The first-order valence-electron chi connectivity index (χ1n) is 9.46. The number of carbonyl (C=O) groups is 2. The van der Waals surface area contributed by atoms with Gasteiger partial charge in [-0.2, -0.15) is 0 Å². The Morgan fingerprint density at radius 3 is 2.03 bits per heavy atom. The maximum atomic E-state index is 13.1. The van der Waals surface area contributed by atoms with Crippen LogP contribution in [0.2, 0.25) is 5.02 Å². The van der Waals surface area contributed by atoms with Crippen LogP contribution >= 0.6 is 11.6 Å². The van der Waals surface area contributed by atoms with Crippen LogP contribution in [-0.2, 0) is 19.6 Å². The minimum absolute atomic E-state index is 0.00547. The molecule has 1 atom stereocenters. The van der Waals surface area contributed by atoms with E-state index in [-0.39, 0.29) is 33.5 Å². The highest BCUT2D eigenvalue weighted by Gasteiger charge is 2.31. The fourth-order valence-electron chi connectivity index (χ4n) is 3.10. The van der Waals surface area contributed by atoms with E-state index in [0.717, 1.165) is 10.6 Å². The Bertz CT molecular complexity index is 1150. The molecule has 180 valence electrons. The number of esters is 1. The lowest BCUT2D eigenvalue weighted by Crippen LogP contribution is -2.45. The first-order chi connectivity index (χ1) is 15.5. The zero-order chi connectivity index (χ0) is 24.9. The van der Waals surface area contributed by atoms with Crippen LogP contribution < -0.4 is 23.8 Å². The molecule has 0 saturated carbocycles. The summed E-state index contributed by atoms with van der Waals surface area (Å²) in [5.41, 5.74) is 0.207. The van der Waals surface area contributed by atoms with Crippen molar-refractivity contribution in [3.63, 3.8) is 0 Å². The van der Waals surface area contributed by atoms with E-state index in [2.05, 4.69) is 5.32 Å². The molecular weight excluding hydrogens is 476 g/mol. The Kier molecular flexibility index (Phi) is 8.39. The van der Waals surface area contributed by atoms with Crippen LogP contribution in [0.4, 0.5) is 11.4 Å². The van der Waals surface area contributed by atoms with Gasteiger partial charge in [-0.15, -0.1) is 0 Å². The van der Waals surface area contributed by atoms with E-state index in [4.69, 9.17) is 30.5 Å². The fourth-order valence-corrected chi connectivity index (χ4v) is 4.52. The lowest BCUT2D eigenvalue weighted by molar-refractivity contribution is -0.116. The Hall–Kier alpha value is -3.18. The second kappa shape index (κ2) is 10.6. The number of nitrogens with zero attached hydrogens (tertiary/aromatic N) is 1. The van der Waals surface area contributed by atoms with Crippen LogP contribution in [0.15, 0.2) is 30.3 Å². The summed E-state index contributed by atoms with van der Waals surface area (Å²) >= 11 is 6.15. The Labute approximate surface area is 197 Å². The highest BCUT2D eigenvalue weighted by Crippen LogP contribution is 2.35. The van der Waals surface area contributed by atoms with Gasteiger partial charge < -0.3 is 24.3 Å². The van der Waals surface area contributed by atoms with Gasteiger partial charge in [-0.3, -0.25) is 9.10 Å². The molecule has 2 aromatic rings. The molecule has 10 nitrogen and oxygen atoms in total. The van der Waals surface area contributed by atoms with Gasteiger partial charge >= 0.3 is 5.97 Å². The first kappa shape index (κ1) is 26.1. The molecule has 0 aromatic heterocycles. The highest BCUT2D eigenvalue weighted by molar-refractivity contribution is 7.92. The molecule has 0 saturated heterocycles. The summed E-state index contributed by atoms with van der Waals surface area (Å²) in [6.45, 7) is 1.40. The molecule has 0 heterocycles. The van der Waals surface area contributed by atoms with Crippen molar-refractivity contribution < 1.29 is 37.0 Å². The van der Waals surface area contributed by atoms with E-state index in [1.165, 1.54) is 65.7 Å². The Morgan fingerprint density at radius 2 is 1.55 bits per heavy atom. The van der Waals surface area contributed by atoms with Gasteiger partial charge in [0.2, 0.25) is 15.9 Å². The average Bonchev–Trinajstić information content (AvgIpc) is 2.77. The number of sulfonamides is 1. The van der Waals surface area contributed by atoms with Gasteiger partial charge in [-0.25, -0.2) is 13.2 Å². The van der Waals surface area contributed by atoms with Crippen LogP contribution in [0.5, 0.6) is 17.2 Å². The number of benzene rings is 2. The molecule has 0 spiro atoms. The zero-order valence-corrected chi connectivity index (χ0v) is 20.5. The molecule has 1 amide bonds. The quantitative estimate of drug-likeness (QED) is 0.522. The third kappa shape index (κ3) is 5.79. The van der Waals surface area contributed by atoms with Crippen molar-refractivity contribution in [2.24, 2.45) is 0 Å². The molecule has 0 bridgehead atoms. The standard InChI is InChI=1S/C21H25ClN2O8S/c1-12(24(33(6,27)28)13-7-8-17(29-2)15(22)9-13)20(25)23-16-11-19(31-4)18(30-3)10-14(16)21(26)32-5/h7-12H,1-6H3,(H,23,25)/t12-/m0/s1. The van der Waals surface area contributed by atoms with Crippen molar-refractivity contribution in [1.29, 1.82) is 0 Å². The molecular formula is C21H25ClN2O8S. The summed E-state index contributed by atoms with van der Waals surface area (Å²) in [5, 5.41) is 2.74. The van der Waals surface area contributed by atoms with Crippen LogP contribution in [0.3, 0.4) is 0 Å². The third-order valence-corrected chi connectivity index (χ3v) is 6.20. The van der Waals surface area contributed by atoms with Gasteiger partial charge in [-0.05, 0) is 25.1 Å². The summed E-state index contributed by atoms with van der Waals surface area (Å²) in [5.74, 6) is -0.617. The molecule has 2 rings (SSSR count). The largest absolute Gasteiger partial charge is 0.495 e.